The van der Waals surface area contributed by atoms with Gasteiger partial charge in [-0.1, -0.05) is 51.5 Å². The van der Waals surface area contributed by atoms with Crippen molar-refractivity contribution in [2.75, 3.05) is 7.11 Å². The highest BCUT2D eigenvalue weighted by atomic mass is 16.5. The van der Waals surface area contributed by atoms with Gasteiger partial charge >= 0.3 is 6.09 Å². The van der Waals surface area contributed by atoms with Crippen LogP contribution in [0.15, 0.2) is 24.3 Å². The first kappa shape index (κ1) is 19.2. The van der Waals surface area contributed by atoms with Crippen LogP contribution >= 0.6 is 0 Å². The molecule has 23 heavy (non-hydrogen) atoms. The molecule has 3 N–H and O–H groups in total. The van der Waals surface area contributed by atoms with Crippen molar-refractivity contribution in [2.24, 2.45) is 5.92 Å². The second-order valence-corrected chi connectivity index (χ2v) is 6.22. The van der Waals surface area contributed by atoms with E-state index in [1.807, 2.05) is 5.32 Å². The molecule has 1 aromatic rings. The summed E-state index contributed by atoms with van der Waals surface area (Å²) in [5.74, 6) is 0.0190. The third kappa shape index (κ3) is 6.02. The Balaban J connectivity index is 2.78. The van der Waals surface area contributed by atoms with Crippen molar-refractivity contribution in [3.05, 3.63) is 35.4 Å². The molecule has 0 unspecified atom stereocenters. The number of hydrogen-bond donors (Lipinski definition) is 2. The summed E-state index contributed by atoms with van der Waals surface area (Å²) in [6, 6.07) is 8.36. The molecule has 0 saturated carbocycles. The van der Waals surface area contributed by atoms with Crippen LogP contribution in [0.3, 0.4) is 0 Å². The third-order valence-electron chi connectivity index (χ3n) is 3.94. The number of carbonyl (C=O) groups excluding carboxylic acids is 2. The van der Waals surface area contributed by atoms with Crippen molar-refractivity contribution in [2.45, 2.75) is 52.6 Å². The quantitative estimate of drug-likeness (QED) is 0.808. The lowest BCUT2D eigenvalue weighted by Crippen LogP contribution is -2.93. The van der Waals surface area contributed by atoms with Gasteiger partial charge in [-0.15, -0.1) is 0 Å². The minimum Gasteiger partial charge on any atom is -0.453 e. The van der Waals surface area contributed by atoms with Crippen LogP contribution in [0.1, 0.15) is 51.3 Å². The minimum absolute atomic E-state index is 0.157. The van der Waals surface area contributed by atoms with Gasteiger partial charge in [0, 0.05) is 11.5 Å². The van der Waals surface area contributed by atoms with Crippen LogP contribution in [-0.4, -0.2) is 25.2 Å². The monoisotopic (exact) mass is 321 g/mol. The van der Waals surface area contributed by atoms with E-state index in [-0.39, 0.29) is 18.0 Å². The second kappa shape index (κ2) is 9.30. The number of nitrogens with one attached hydrogen (secondary N) is 1. The summed E-state index contributed by atoms with van der Waals surface area (Å²) in [6.45, 7) is 8.22. The maximum atomic E-state index is 12.0. The maximum absolute atomic E-state index is 12.0. The topological polar surface area (TPSA) is 72.0 Å². The SMILES string of the molecule is CCCc1ccc([C@@H]([NH2+][C@@H](C)C(=O)NC(=O)OC)C(C)C)cc1. The van der Waals surface area contributed by atoms with Crippen molar-refractivity contribution in [1.82, 2.24) is 5.32 Å². The fourth-order valence-corrected chi connectivity index (χ4v) is 2.58. The largest absolute Gasteiger partial charge is 0.453 e. The van der Waals surface area contributed by atoms with Crippen molar-refractivity contribution in [1.29, 1.82) is 0 Å². The van der Waals surface area contributed by atoms with Crippen LogP contribution in [0.4, 0.5) is 4.79 Å². The van der Waals surface area contributed by atoms with Gasteiger partial charge in [0.2, 0.25) is 0 Å². The van der Waals surface area contributed by atoms with E-state index in [1.165, 1.54) is 18.2 Å². The van der Waals surface area contributed by atoms with Gasteiger partial charge in [0.15, 0.2) is 6.04 Å². The van der Waals surface area contributed by atoms with Crippen molar-refractivity contribution >= 4 is 12.0 Å². The number of hydrogen-bond acceptors (Lipinski definition) is 3. The van der Waals surface area contributed by atoms with E-state index < -0.39 is 6.09 Å². The number of ether oxygens (including phenoxy) is 1. The fraction of sp³-hybridized carbons (Fsp3) is 0.556. The van der Waals surface area contributed by atoms with Gasteiger partial charge in [0.05, 0.1) is 7.11 Å². The number of nitrogens with two attached hydrogens (primary N) is 1. The van der Waals surface area contributed by atoms with E-state index in [2.05, 4.69) is 55.1 Å². The lowest BCUT2D eigenvalue weighted by molar-refractivity contribution is -0.719. The molecule has 128 valence electrons. The Hall–Kier alpha value is -1.88. The summed E-state index contributed by atoms with van der Waals surface area (Å²) in [4.78, 5) is 23.1. The Kier molecular flexibility index (Phi) is 7.75. The molecule has 0 aliphatic rings. The summed E-state index contributed by atoms with van der Waals surface area (Å²) >= 11 is 0. The molecule has 0 bridgehead atoms. The maximum Gasteiger partial charge on any atom is 0.413 e. The van der Waals surface area contributed by atoms with Crippen molar-refractivity contribution < 1.29 is 19.6 Å². The normalized spacial score (nSPS) is 13.5. The van der Waals surface area contributed by atoms with E-state index in [9.17, 15) is 9.59 Å². The zero-order valence-corrected chi connectivity index (χ0v) is 14.8. The average molecular weight is 321 g/mol. The van der Waals surface area contributed by atoms with Gasteiger partial charge in [0.25, 0.3) is 5.91 Å². The number of methoxy groups -OCH3 is 1. The molecule has 0 heterocycles. The third-order valence-corrected chi connectivity index (χ3v) is 3.94. The van der Waals surface area contributed by atoms with E-state index in [4.69, 9.17) is 0 Å². The van der Waals surface area contributed by atoms with Gasteiger partial charge < -0.3 is 10.1 Å². The highest BCUT2D eigenvalue weighted by molar-refractivity contribution is 5.93. The standard InChI is InChI=1S/C18H28N2O3/c1-6-7-14-8-10-15(11-9-14)16(12(2)3)19-13(4)17(21)20-18(22)23-5/h8-13,16,19H,6-7H2,1-5H3,(H,20,21,22)/p+1/t13-,16-/m0/s1. The summed E-state index contributed by atoms with van der Waals surface area (Å²) in [5.41, 5.74) is 2.52. The molecule has 0 aromatic heterocycles. The van der Waals surface area contributed by atoms with Crippen LogP contribution in [0, 0.1) is 5.92 Å². The minimum atomic E-state index is -0.722. The predicted molar refractivity (Wildman–Crippen MR) is 90.0 cm³/mol. The molecular weight excluding hydrogens is 292 g/mol. The number of carbonyl (C=O) groups is 2. The molecule has 0 spiro atoms. The molecule has 0 fully saturated rings. The Morgan fingerprint density at radius 1 is 1.17 bits per heavy atom. The zero-order chi connectivity index (χ0) is 17.4. The first-order chi connectivity index (χ1) is 10.9. The lowest BCUT2D eigenvalue weighted by Gasteiger charge is -2.23. The molecule has 5 heteroatoms. The summed E-state index contributed by atoms with van der Waals surface area (Å²) in [6.07, 6.45) is 1.48. The fourth-order valence-electron chi connectivity index (χ4n) is 2.58. The number of aryl methyl sites for hydroxylation is 1. The highest BCUT2D eigenvalue weighted by Crippen LogP contribution is 2.19. The predicted octanol–water partition coefficient (Wildman–Crippen LogP) is 2.17. The van der Waals surface area contributed by atoms with Gasteiger partial charge in [0.1, 0.15) is 6.04 Å². The van der Waals surface area contributed by atoms with Gasteiger partial charge in [-0.05, 0) is 18.9 Å². The van der Waals surface area contributed by atoms with Crippen LogP contribution in [0.5, 0.6) is 0 Å². The number of quaternary nitrogens is 1. The van der Waals surface area contributed by atoms with Gasteiger partial charge in [-0.3, -0.25) is 10.1 Å². The van der Waals surface area contributed by atoms with Crippen LogP contribution in [0.2, 0.25) is 0 Å². The second-order valence-electron chi connectivity index (χ2n) is 6.22. The Morgan fingerprint density at radius 3 is 2.26 bits per heavy atom. The van der Waals surface area contributed by atoms with E-state index in [1.54, 1.807) is 6.92 Å². The average Bonchev–Trinajstić information content (AvgIpc) is 2.53. The number of benzene rings is 1. The molecule has 2 atom stereocenters. The van der Waals surface area contributed by atoms with E-state index >= 15 is 0 Å². The lowest BCUT2D eigenvalue weighted by atomic mass is 9.94. The Bertz CT molecular complexity index is 512. The van der Waals surface area contributed by atoms with Gasteiger partial charge in [-0.2, -0.15) is 0 Å². The molecule has 1 rings (SSSR count). The van der Waals surface area contributed by atoms with Crippen LogP contribution in [-0.2, 0) is 16.0 Å². The molecule has 0 aliphatic carbocycles. The zero-order valence-electron chi connectivity index (χ0n) is 14.8. The first-order valence-corrected chi connectivity index (χ1v) is 8.21. The number of amides is 2. The Morgan fingerprint density at radius 2 is 1.78 bits per heavy atom. The molecule has 2 amide bonds. The smallest absolute Gasteiger partial charge is 0.413 e. The number of rotatable bonds is 7. The van der Waals surface area contributed by atoms with Crippen LogP contribution in [0.25, 0.3) is 0 Å². The summed E-state index contributed by atoms with van der Waals surface area (Å²) < 4.78 is 4.46. The summed E-state index contributed by atoms with van der Waals surface area (Å²) in [7, 11) is 1.24. The molecule has 1 aromatic carbocycles. The summed E-state index contributed by atoms with van der Waals surface area (Å²) in [5, 5.41) is 4.22. The number of alkyl carbamates (subject to hydrolysis) is 1. The van der Waals surface area contributed by atoms with Crippen LogP contribution < -0.4 is 10.6 Å². The van der Waals surface area contributed by atoms with Gasteiger partial charge in [-0.25, -0.2) is 4.79 Å². The van der Waals surface area contributed by atoms with Crippen molar-refractivity contribution in [3.8, 4) is 0 Å². The molecule has 0 radical (unpaired) electrons. The first-order valence-electron chi connectivity index (χ1n) is 8.21. The van der Waals surface area contributed by atoms with Crippen molar-refractivity contribution in [3.63, 3.8) is 0 Å². The molecular formula is C18H29N2O3+. The molecule has 0 saturated heterocycles. The molecule has 5 nitrogen and oxygen atoms in total. The Labute approximate surface area is 138 Å². The highest BCUT2D eigenvalue weighted by Gasteiger charge is 2.26. The van der Waals surface area contributed by atoms with E-state index in [0.29, 0.717) is 5.92 Å². The molecule has 0 aliphatic heterocycles. The van der Waals surface area contributed by atoms with E-state index in [0.717, 1.165) is 12.8 Å². The number of imide groups is 1.